The SMILES string of the molecule is NS(=O)(=O)c1cc(Br)c(OCCN2CCCC2)cc1F. The minimum Gasteiger partial charge on any atom is -0.491 e. The van der Waals surface area contributed by atoms with Gasteiger partial charge in [-0.3, -0.25) is 4.90 Å². The third kappa shape index (κ3) is 3.91. The summed E-state index contributed by atoms with van der Waals surface area (Å²) in [6.07, 6.45) is 2.39. The van der Waals surface area contributed by atoms with Gasteiger partial charge in [0, 0.05) is 12.6 Å². The summed E-state index contributed by atoms with van der Waals surface area (Å²) in [5.41, 5.74) is 0. The van der Waals surface area contributed by atoms with Gasteiger partial charge in [0.1, 0.15) is 23.1 Å². The minimum absolute atomic E-state index is 0.272. The van der Waals surface area contributed by atoms with Crippen LogP contribution < -0.4 is 9.88 Å². The molecule has 2 rings (SSSR count). The van der Waals surface area contributed by atoms with Crippen molar-refractivity contribution in [1.82, 2.24) is 4.90 Å². The van der Waals surface area contributed by atoms with Crippen molar-refractivity contribution in [2.24, 2.45) is 5.14 Å². The second-order valence-electron chi connectivity index (χ2n) is 4.66. The maximum Gasteiger partial charge on any atom is 0.241 e. The van der Waals surface area contributed by atoms with Gasteiger partial charge in [0.05, 0.1) is 4.47 Å². The first-order valence-corrected chi connectivity index (χ1v) is 8.59. The van der Waals surface area contributed by atoms with Crippen LogP contribution in [0.15, 0.2) is 21.5 Å². The third-order valence-electron chi connectivity index (χ3n) is 3.16. The van der Waals surface area contributed by atoms with Crippen molar-refractivity contribution in [1.29, 1.82) is 0 Å². The number of hydrogen-bond donors (Lipinski definition) is 1. The van der Waals surface area contributed by atoms with Gasteiger partial charge in [0.25, 0.3) is 0 Å². The number of hydrogen-bond acceptors (Lipinski definition) is 4. The van der Waals surface area contributed by atoms with Crippen LogP contribution in [0, 0.1) is 5.82 Å². The van der Waals surface area contributed by atoms with Crippen molar-refractivity contribution in [2.45, 2.75) is 17.7 Å². The monoisotopic (exact) mass is 366 g/mol. The predicted molar refractivity (Wildman–Crippen MR) is 76.6 cm³/mol. The highest BCUT2D eigenvalue weighted by molar-refractivity contribution is 9.10. The maximum absolute atomic E-state index is 13.7. The molecule has 0 saturated carbocycles. The zero-order valence-corrected chi connectivity index (χ0v) is 13.2. The lowest BCUT2D eigenvalue weighted by Gasteiger charge is -2.16. The fourth-order valence-electron chi connectivity index (χ4n) is 2.13. The van der Waals surface area contributed by atoms with Gasteiger partial charge < -0.3 is 4.74 Å². The van der Waals surface area contributed by atoms with Gasteiger partial charge in [-0.2, -0.15) is 0 Å². The highest BCUT2D eigenvalue weighted by atomic mass is 79.9. The lowest BCUT2D eigenvalue weighted by molar-refractivity contribution is 0.236. The Morgan fingerprint density at radius 3 is 2.60 bits per heavy atom. The molecule has 0 radical (unpaired) electrons. The Bertz CT molecular complexity index is 589. The molecule has 0 spiro atoms. The fraction of sp³-hybridized carbons (Fsp3) is 0.500. The first-order valence-electron chi connectivity index (χ1n) is 6.25. The number of nitrogens with zero attached hydrogens (tertiary/aromatic N) is 1. The topological polar surface area (TPSA) is 72.6 Å². The summed E-state index contributed by atoms with van der Waals surface area (Å²) in [6, 6.07) is 2.16. The van der Waals surface area contributed by atoms with E-state index in [2.05, 4.69) is 20.8 Å². The van der Waals surface area contributed by atoms with Crippen LogP contribution in [0.2, 0.25) is 0 Å². The first-order chi connectivity index (χ1) is 9.38. The van der Waals surface area contributed by atoms with Crippen LogP contribution in [0.5, 0.6) is 5.75 Å². The standard InChI is InChI=1S/C12H16BrFN2O3S/c13-9-7-12(20(15,17)18)10(14)8-11(9)19-6-5-16-3-1-2-4-16/h7-8H,1-6H2,(H2,15,17,18). The molecule has 0 amide bonds. The van der Waals surface area contributed by atoms with Crippen LogP contribution in [-0.2, 0) is 10.0 Å². The van der Waals surface area contributed by atoms with E-state index in [4.69, 9.17) is 9.88 Å². The highest BCUT2D eigenvalue weighted by Crippen LogP contribution is 2.29. The normalized spacial score (nSPS) is 16.6. The Kier molecular flexibility index (Phi) is 5.00. The molecule has 0 aromatic heterocycles. The summed E-state index contributed by atoms with van der Waals surface area (Å²) in [4.78, 5) is 1.72. The Labute approximate surface area is 126 Å². The summed E-state index contributed by atoms with van der Waals surface area (Å²) >= 11 is 3.16. The molecule has 1 aromatic carbocycles. The van der Waals surface area contributed by atoms with E-state index in [1.165, 1.54) is 12.8 Å². The summed E-state index contributed by atoms with van der Waals surface area (Å²) < 4.78 is 41.9. The van der Waals surface area contributed by atoms with Gasteiger partial charge in [0.2, 0.25) is 10.0 Å². The fourth-order valence-corrected chi connectivity index (χ4v) is 3.35. The van der Waals surface area contributed by atoms with E-state index in [9.17, 15) is 12.8 Å². The number of sulfonamides is 1. The van der Waals surface area contributed by atoms with Gasteiger partial charge in [-0.25, -0.2) is 17.9 Å². The molecule has 1 aliphatic rings. The minimum atomic E-state index is -4.08. The molecule has 0 aliphatic carbocycles. The predicted octanol–water partition coefficient (Wildman–Crippen LogP) is 1.71. The number of primary sulfonamides is 1. The van der Waals surface area contributed by atoms with Crippen LogP contribution in [0.25, 0.3) is 0 Å². The van der Waals surface area contributed by atoms with E-state index in [1.807, 2.05) is 0 Å². The van der Waals surface area contributed by atoms with Crippen molar-refractivity contribution in [3.63, 3.8) is 0 Å². The van der Waals surface area contributed by atoms with Gasteiger partial charge in [-0.05, 0) is 47.9 Å². The average Bonchev–Trinajstić information content (AvgIpc) is 2.84. The average molecular weight is 367 g/mol. The Balaban J connectivity index is 2.03. The summed E-state index contributed by atoms with van der Waals surface area (Å²) in [7, 11) is -4.08. The van der Waals surface area contributed by atoms with Gasteiger partial charge in [-0.1, -0.05) is 0 Å². The Hall–Kier alpha value is -0.700. The van der Waals surface area contributed by atoms with Crippen LogP contribution in [-0.4, -0.2) is 39.6 Å². The number of rotatable bonds is 5. The Morgan fingerprint density at radius 1 is 1.35 bits per heavy atom. The van der Waals surface area contributed by atoms with Crippen LogP contribution >= 0.6 is 15.9 Å². The number of likely N-dealkylation sites (tertiary alicyclic amines) is 1. The van der Waals surface area contributed by atoms with Crippen LogP contribution in [0.3, 0.4) is 0 Å². The molecule has 1 aromatic rings. The van der Waals surface area contributed by atoms with E-state index in [1.54, 1.807) is 0 Å². The zero-order chi connectivity index (χ0) is 14.8. The van der Waals surface area contributed by atoms with Crippen molar-refractivity contribution in [3.05, 3.63) is 22.4 Å². The smallest absolute Gasteiger partial charge is 0.241 e. The van der Waals surface area contributed by atoms with Crippen molar-refractivity contribution >= 4 is 26.0 Å². The molecule has 0 unspecified atom stereocenters. The van der Waals surface area contributed by atoms with Gasteiger partial charge in [0.15, 0.2) is 0 Å². The van der Waals surface area contributed by atoms with Crippen molar-refractivity contribution < 1.29 is 17.5 Å². The highest BCUT2D eigenvalue weighted by Gasteiger charge is 2.18. The maximum atomic E-state index is 13.7. The van der Waals surface area contributed by atoms with Crippen molar-refractivity contribution in [3.8, 4) is 5.75 Å². The number of halogens is 2. The van der Waals surface area contributed by atoms with Gasteiger partial charge >= 0.3 is 0 Å². The summed E-state index contributed by atoms with van der Waals surface area (Å²) in [5.74, 6) is -0.638. The quantitative estimate of drug-likeness (QED) is 0.860. The molecule has 1 fully saturated rings. The van der Waals surface area contributed by atoms with Crippen LogP contribution in [0.4, 0.5) is 4.39 Å². The molecule has 0 atom stereocenters. The first kappa shape index (κ1) is 15.7. The number of ether oxygens (including phenoxy) is 1. The molecule has 20 heavy (non-hydrogen) atoms. The largest absolute Gasteiger partial charge is 0.491 e. The molecule has 0 bridgehead atoms. The van der Waals surface area contributed by atoms with Crippen LogP contribution in [0.1, 0.15) is 12.8 Å². The van der Waals surface area contributed by atoms with Gasteiger partial charge in [-0.15, -0.1) is 0 Å². The summed E-state index contributed by atoms with van der Waals surface area (Å²) in [6.45, 7) is 3.31. The molecule has 5 nitrogen and oxygen atoms in total. The van der Waals surface area contributed by atoms with E-state index in [0.717, 1.165) is 31.8 Å². The van der Waals surface area contributed by atoms with E-state index >= 15 is 0 Å². The third-order valence-corrected chi connectivity index (χ3v) is 4.70. The lowest BCUT2D eigenvalue weighted by Crippen LogP contribution is -2.25. The Morgan fingerprint density at radius 2 is 2.00 bits per heavy atom. The van der Waals surface area contributed by atoms with E-state index < -0.39 is 20.7 Å². The number of nitrogens with two attached hydrogens (primary N) is 1. The summed E-state index contributed by atoms with van der Waals surface area (Å²) in [5, 5.41) is 4.92. The molecular formula is C12H16BrFN2O3S. The number of benzene rings is 1. The molecule has 2 N–H and O–H groups in total. The molecule has 1 saturated heterocycles. The van der Waals surface area contributed by atoms with Crippen molar-refractivity contribution in [2.75, 3.05) is 26.2 Å². The molecule has 1 heterocycles. The lowest BCUT2D eigenvalue weighted by atomic mass is 10.3. The zero-order valence-electron chi connectivity index (χ0n) is 10.8. The van der Waals surface area contributed by atoms with E-state index in [-0.39, 0.29) is 5.75 Å². The second kappa shape index (κ2) is 6.38. The second-order valence-corrected chi connectivity index (χ2v) is 7.04. The molecule has 1 aliphatic heterocycles. The van der Waals surface area contributed by atoms with E-state index in [0.29, 0.717) is 11.1 Å². The molecule has 112 valence electrons. The molecular weight excluding hydrogens is 351 g/mol. The molecule has 8 heteroatoms.